The van der Waals surface area contributed by atoms with Crippen LogP contribution in [0.5, 0.6) is 5.75 Å². The molecule has 27 heavy (non-hydrogen) atoms. The van der Waals surface area contributed by atoms with E-state index in [-0.39, 0.29) is 18.7 Å². The van der Waals surface area contributed by atoms with Crippen molar-refractivity contribution in [3.63, 3.8) is 0 Å². The van der Waals surface area contributed by atoms with Crippen molar-refractivity contribution in [1.29, 1.82) is 0 Å². The molecule has 0 spiro atoms. The number of benzene rings is 2. The average molecular weight is 391 g/mol. The number of hydrogen-bond donors (Lipinski definition) is 2. The van der Waals surface area contributed by atoms with E-state index in [1.807, 2.05) is 0 Å². The number of para-hydroxylation sites is 1. The molecule has 2 amide bonds. The van der Waals surface area contributed by atoms with Gasteiger partial charge in [0.05, 0.1) is 24.2 Å². The standard InChI is InChI=1S/C19H19ClN2O5/c1-26-14-8-6-13(7-9-14)21-18(24)12-27-19(25)11-10-17(23)22-16-5-3-2-4-15(16)20/h2-9H,10-12H2,1H3,(H,21,24)(H,22,23). The van der Waals surface area contributed by atoms with Crippen LogP contribution in [0.1, 0.15) is 12.8 Å². The molecule has 2 N–H and O–H groups in total. The Kier molecular flexibility index (Phi) is 7.63. The molecule has 2 rings (SSSR count). The normalized spacial score (nSPS) is 10.0. The third-order valence-corrected chi connectivity index (χ3v) is 3.77. The Labute approximate surface area is 161 Å². The summed E-state index contributed by atoms with van der Waals surface area (Å²) >= 11 is 5.94. The second-order valence-corrected chi connectivity index (χ2v) is 5.87. The maximum Gasteiger partial charge on any atom is 0.306 e. The quantitative estimate of drug-likeness (QED) is 0.675. The van der Waals surface area contributed by atoms with Crippen LogP contribution in [-0.2, 0) is 19.1 Å². The number of amides is 2. The van der Waals surface area contributed by atoms with E-state index in [4.69, 9.17) is 21.1 Å². The van der Waals surface area contributed by atoms with E-state index < -0.39 is 18.5 Å². The lowest BCUT2D eigenvalue weighted by atomic mass is 10.2. The van der Waals surface area contributed by atoms with Crippen molar-refractivity contribution in [1.82, 2.24) is 0 Å². The Morgan fingerprint density at radius 2 is 1.63 bits per heavy atom. The first-order chi connectivity index (χ1) is 13.0. The van der Waals surface area contributed by atoms with Crippen molar-refractivity contribution in [3.8, 4) is 5.75 Å². The van der Waals surface area contributed by atoms with E-state index >= 15 is 0 Å². The summed E-state index contributed by atoms with van der Waals surface area (Å²) in [5, 5.41) is 5.60. The summed E-state index contributed by atoms with van der Waals surface area (Å²) in [5.41, 5.74) is 1.02. The maximum atomic E-state index is 11.8. The Morgan fingerprint density at radius 1 is 0.926 bits per heavy atom. The highest BCUT2D eigenvalue weighted by Crippen LogP contribution is 2.20. The van der Waals surface area contributed by atoms with E-state index in [1.165, 1.54) is 0 Å². The minimum Gasteiger partial charge on any atom is -0.497 e. The molecule has 0 saturated heterocycles. The summed E-state index contributed by atoms with van der Waals surface area (Å²) in [4.78, 5) is 35.3. The Balaban J connectivity index is 1.68. The van der Waals surface area contributed by atoms with Crippen LogP contribution in [0.2, 0.25) is 5.02 Å². The van der Waals surface area contributed by atoms with Gasteiger partial charge in [0.2, 0.25) is 5.91 Å². The lowest BCUT2D eigenvalue weighted by Gasteiger charge is -2.08. The van der Waals surface area contributed by atoms with Gasteiger partial charge in [-0.05, 0) is 36.4 Å². The fourth-order valence-corrected chi connectivity index (χ4v) is 2.26. The van der Waals surface area contributed by atoms with E-state index in [1.54, 1.807) is 55.6 Å². The zero-order valence-electron chi connectivity index (χ0n) is 14.7. The molecule has 0 radical (unpaired) electrons. The minimum absolute atomic E-state index is 0.0792. The average Bonchev–Trinajstić information content (AvgIpc) is 2.67. The van der Waals surface area contributed by atoms with Crippen molar-refractivity contribution in [2.24, 2.45) is 0 Å². The number of carbonyl (C=O) groups is 3. The fourth-order valence-electron chi connectivity index (χ4n) is 2.08. The maximum absolute atomic E-state index is 11.8. The van der Waals surface area contributed by atoms with Gasteiger partial charge in [-0.15, -0.1) is 0 Å². The van der Waals surface area contributed by atoms with Crippen molar-refractivity contribution in [2.45, 2.75) is 12.8 Å². The highest BCUT2D eigenvalue weighted by molar-refractivity contribution is 6.33. The first-order valence-electron chi connectivity index (χ1n) is 8.12. The number of carbonyl (C=O) groups excluding carboxylic acids is 3. The van der Waals surface area contributed by atoms with Gasteiger partial charge in [-0.3, -0.25) is 14.4 Å². The van der Waals surface area contributed by atoms with Gasteiger partial charge in [0.15, 0.2) is 6.61 Å². The van der Waals surface area contributed by atoms with Gasteiger partial charge in [-0.2, -0.15) is 0 Å². The van der Waals surface area contributed by atoms with Crippen LogP contribution in [-0.4, -0.2) is 31.5 Å². The number of esters is 1. The van der Waals surface area contributed by atoms with Crippen LogP contribution in [0.4, 0.5) is 11.4 Å². The molecule has 0 atom stereocenters. The van der Waals surface area contributed by atoms with Crippen LogP contribution >= 0.6 is 11.6 Å². The molecule has 0 unspecified atom stereocenters. The second-order valence-electron chi connectivity index (χ2n) is 5.47. The third kappa shape index (κ3) is 6.99. The fraction of sp³-hybridized carbons (Fsp3) is 0.211. The van der Waals surface area contributed by atoms with Crippen molar-refractivity contribution in [3.05, 3.63) is 53.6 Å². The number of rotatable bonds is 8. The van der Waals surface area contributed by atoms with Crippen LogP contribution in [0.15, 0.2) is 48.5 Å². The van der Waals surface area contributed by atoms with Gasteiger partial charge in [-0.1, -0.05) is 23.7 Å². The minimum atomic E-state index is -0.644. The van der Waals surface area contributed by atoms with Crippen molar-refractivity contribution >= 4 is 40.8 Å². The predicted octanol–water partition coefficient (Wildman–Crippen LogP) is 3.25. The van der Waals surface area contributed by atoms with Gasteiger partial charge >= 0.3 is 5.97 Å². The summed E-state index contributed by atoms with van der Waals surface area (Å²) in [5.74, 6) is -0.833. The number of ether oxygens (including phenoxy) is 2. The van der Waals surface area contributed by atoms with Crippen molar-refractivity contribution < 1.29 is 23.9 Å². The smallest absolute Gasteiger partial charge is 0.306 e. The predicted molar refractivity (Wildman–Crippen MR) is 102 cm³/mol. The summed E-state index contributed by atoms with van der Waals surface area (Å²) in [6.07, 6.45) is -0.226. The SMILES string of the molecule is COc1ccc(NC(=O)COC(=O)CCC(=O)Nc2ccccc2Cl)cc1. The Bertz CT molecular complexity index is 808. The van der Waals surface area contributed by atoms with E-state index in [0.29, 0.717) is 22.1 Å². The third-order valence-electron chi connectivity index (χ3n) is 3.44. The number of methoxy groups -OCH3 is 1. The highest BCUT2D eigenvalue weighted by Gasteiger charge is 2.12. The molecule has 142 valence electrons. The van der Waals surface area contributed by atoms with E-state index in [2.05, 4.69) is 10.6 Å². The van der Waals surface area contributed by atoms with Gasteiger partial charge in [-0.25, -0.2) is 0 Å². The number of nitrogens with one attached hydrogen (secondary N) is 2. The largest absolute Gasteiger partial charge is 0.497 e. The van der Waals surface area contributed by atoms with Crippen LogP contribution < -0.4 is 15.4 Å². The molecule has 0 saturated carbocycles. The zero-order chi connectivity index (χ0) is 19.6. The van der Waals surface area contributed by atoms with E-state index in [9.17, 15) is 14.4 Å². The first-order valence-corrected chi connectivity index (χ1v) is 8.49. The highest BCUT2D eigenvalue weighted by atomic mass is 35.5. The molecular formula is C19H19ClN2O5. The lowest BCUT2D eigenvalue weighted by Crippen LogP contribution is -2.21. The van der Waals surface area contributed by atoms with Crippen LogP contribution in [0.25, 0.3) is 0 Å². The van der Waals surface area contributed by atoms with Crippen molar-refractivity contribution in [2.75, 3.05) is 24.4 Å². The topological polar surface area (TPSA) is 93.7 Å². The Morgan fingerprint density at radius 3 is 2.30 bits per heavy atom. The molecule has 0 bridgehead atoms. The zero-order valence-corrected chi connectivity index (χ0v) is 15.4. The second kappa shape index (κ2) is 10.2. The molecule has 0 aromatic heterocycles. The summed E-state index contributed by atoms with van der Waals surface area (Å²) in [6, 6.07) is 13.5. The molecule has 0 aliphatic carbocycles. The summed E-state index contributed by atoms with van der Waals surface area (Å²) in [6.45, 7) is -0.434. The first kappa shape index (κ1) is 20.3. The van der Waals surface area contributed by atoms with Crippen LogP contribution in [0.3, 0.4) is 0 Å². The van der Waals surface area contributed by atoms with Gasteiger partial charge in [0.25, 0.3) is 5.91 Å². The Hall–Kier alpha value is -3.06. The molecule has 0 aliphatic heterocycles. The van der Waals surface area contributed by atoms with Crippen LogP contribution in [0, 0.1) is 0 Å². The molecule has 2 aromatic rings. The molecular weight excluding hydrogens is 372 g/mol. The lowest BCUT2D eigenvalue weighted by molar-refractivity contribution is -0.147. The molecule has 0 heterocycles. The number of anilines is 2. The molecule has 0 fully saturated rings. The molecule has 2 aromatic carbocycles. The summed E-state index contributed by atoms with van der Waals surface area (Å²) in [7, 11) is 1.54. The summed E-state index contributed by atoms with van der Waals surface area (Å²) < 4.78 is 9.88. The van der Waals surface area contributed by atoms with Gasteiger partial charge < -0.3 is 20.1 Å². The van der Waals surface area contributed by atoms with Gasteiger partial charge in [0, 0.05) is 12.1 Å². The molecule has 8 heteroatoms. The molecule has 0 aliphatic rings. The monoisotopic (exact) mass is 390 g/mol. The van der Waals surface area contributed by atoms with E-state index in [0.717, 1.165) is 0 Å². The number of hydrogen-bond acceptors (Lipinski definition) is 5. The number of halogens is 1. The van der Waals surface area contributed by atoms with Gasteiger partial charge in [0.1, 0.15) is 5.75 Å². The molecule has 7 nitrogen and oxygen atoms in total.